The highest BCUT2D eigenvalue weighted by Crippen LogP contribution is 2.26. The van der Waals surface area contributed by atoms with Gasteiger partial charge in [-0.25, -0.2) is 4.79 Å². The molecular weight excluding hydrogens is 390 g/mol. The summed E-state index contributed by atoms with van der Waals surface area (Å²) in [6.07, 6.45) is 5.25. The number of rotatable bonds is 5. The van der Waals surface area contributed by atoms with Crippen molar-refractivity contribution in [3.63, 3.8) is 0 Å². The van der Waals surface area contributed by atoms with Gasteiger partial charge in [0.15, 0.2) is 0 Å². The normalized spacial score (nSPS) is 27.2. The Morgan fingerprint density at radius 2 is 2.07 bits per heavy atom. The van der Waals surface area contributed by atoms with Crippen LogP contribution in [0, 0.1) is 0 Å². The lowest BCUT2D eigenvalue weighted by Gasteiger charge is -2.37. The van der Waals surface area contributed by atoms with Crippen LogP contribution >= 0.6 is 11.3 Å². The smallest absolute Gasteiger partial charge is 0.319 e. The van der Waals surface area contributed by atoms with Gasteiger partial charge in [0.25, 0.3) is 0 Å². The highest BCUT2D eigenvalue weighted by Gasteiger charge is 2.43. The maximum Gasteiger partial charge on any atom is 0.319 e. The molecule has 1 aromatic heterocycles. The van der Waals surface area contributed by atoms with Gasteiger partial charge in [-0.05, 0) is 43.6 Å². The maximum absolute atomic E-state index is 12.5. The van der Waals surface area contributed by atoms with E-state index in [4.69, 9.17) is 0 Å². The Morgan fingerprint density at radius 1 is 1.24 bits per heavy atom. The zero-order chi connectivity index (χ0) is 20.2. The Kier molecular flexibility index (Phi) is 6.34. The minimum Gasteiger partial charge on any atom is -0.353 e. The number of piperidine rings is 1. The number of nitrogens with one attached hydrogen (secondary N) is 3. The first-order valence-corrected chi connectivity index (χ1v) is 11.5. The van der Waals surface area contributed by atoms with E-state index in [1.165, 1.54) is 17.8 Å². The van der Waals surface area contributed by atoms with Crippen molar-refractivity contribution in [1.29, 1.82) is 0 Å². The molecule has 1 aromatic rings. The minimum absolute atomic E-state index is 0.0196. The van der Waals surface area contributed by atoms with Gasteiger partial charge < -0.3 is 20.9 Å². The van der Waals surface area contributed by atoms with Crippen LogP contribution in [0.1, 0.15) is 38.5 Å². The highest BCUT2D eigenvalue weighted by atomic mass is 32.1. The fourth-order valence-electron chi connectivity index (χ4n) is 4.63. The van der Waals surface area contributed by atoms with Crippen molar-refractivity contribution >= 4 is 34.9 Å². The second-order valence-electron chi connectivity index (χ2n) is 8.13. The third kappa shape index (κ3) is 4.90. The van der Waals surface area contributed by atoms with Crippen molar-refractivity contribution in [1.82, 2.24) is 20.4 Å². The molecule has 0 spiro atoms. The number of carbonyl (C=O) groups excluding carboxylic acids is 3. The molecule has 4 heterocycles. The second-order valence-corrected chi connectivity index (χ2v) is 8.91. The molecule has 4 rings (SSSR count). The lowest BCUT2D eigenvalue weighted by Crippen LogP contribution is -2.58. The molecule has 158 valence electrons. The van der Waals surface area contributed by atoms with Crippen molar-refractivity contribution in [2.75, 3.05) is 31.5 Å². The fourth-order valence-corrected chi connectivity index (χ4v) is 5.22. The Morgan fingerprint density at radius 3 is 2.83 bits per heavy atom. The van der Waals surface area contributed by atoms with Crippen LogP contribution in [0.4, 0.5) is 10.5 Å². The molecule has 0 bridgehead atoms. The number of carbonyl (C=O) groups is 3. The molecule has 3 saturated heterocycles. The molecule has 0 radical (unpaired) electrons. The summed E-state index contributed by atoms with van der Waals surface area (Å²) in [6, 6.07) is 1.43. The first-order valence-electron chi connectivity index (χ1n) is 10.5. The molecule has 3 atom stereocenters. The molecule has 4 amide bonds. The molecule has 3 aliphatic rings. The summed E-state index contributed by atoms with van der Waals surface area (Å²) in [5, 5.41) is 12.6. The third-order valence-electron chi connectivity index (χ3n) is 6.14. The van der Waals surface area contributed by atoms with Crippen LogP contribution in [-0.2, 0) is 9.59 Å². The molecule has 0 aliphatic carbocycles. The number of fused-ring (bicyclic) bond motifs is 1. The number of urea groups is 1. The van der Waals surface area contributed by atoms with E-state index in [-0.39, 0.29) is 36.0 Å². The molecule has 9 heteroatoms. The monoisotopic (exact) mass is 419 g/mol. The molecule has 0 unspecified atom stereocenters. The van der Waals surface area contributed by atoms with E-state index >= 15 is 0 Å². The van der Waals surface area contributed by atoms with Gasteiger partial charge in [0.05, 0.1) is 11.7 Å². The molecule has 29 heavy (non-hydrogen) atoms. The molecule has 3 aliphatic heterocycles. The van der Waals surface area contributed by atoms with Crippen LogP contribution in [0.25, 0.3) is 0 Å². The zero-order valence-corrected chi connectivity index (χ0v) is 17.4. The van der Waals surface area contributed by atoms with Gasteiger partial charge in [-0.3, -0.25) is 14.5 Å². The van der Waals surface area contributed by atoms with Gasteiger partial charge in [-0.2, -0.15) is 11.3 Å². The number of thiophene rings is 1. The van der Waals surface area contributed by atoms with Crippen LogP contribution in [0.3, 0.4) is 0 Å². The summed E-state index contributed by atoms with van der Waals surface area (Å²) in [7, 11) is 0. The van der Waals surface area contributed by atoms with Crippen molar-refractivity contribution in [2.45, 2.75) is 56.7 Å². The molecule has 0 aromatic carbocycles. The Hall–Kier alpha value is -2.13. The average molecular weight is 420 g/mol. The van der Waals surface area contributed by atoms with Crippen molar-refractivity contribution in [3.05, 3.63) is 16.8 Å². The maximum atomic E-state index is 12.5. The number of nitrogens with zero attached hydrogens (tertiary/aromatic N) is 2. The highest BCUT2D eigenvalue weighted by molar-refractivity contribution is 7.08. The Balaban J connectivity index is 1.29. The summed E-state index contributed by atoms with van der Waals surface area (Å²) in [4.78, 5) is 41.2. The van der Waals surface area contributed by atoms with Crippen LogP contribution in [0.2, 0.25) is 0 Å². The predicted molar refractivity (Wildman–Crippen MR) is 112 cm³/mol. The van der Waals surface area contributed by atoms with Crippen LogP contribution in [0.15, 0.2) is 16.8 Å². The van der Waals surface area contributed by atoms with E-state index < -0.39 is 0 Å². The van der Waals surface area contributed by atoms with Crippen molar-refractivity contribution < 1.29 is 14.4 Å². The molecule has 3 N–H and O–H groups in total. The van der Waals surface area contributed by atoms with E-state index in [9.17, 15) is 14.4 Å². The standard InChI is InChI=1S/C20H29N5O3S/c26-18(24-7-2-1-3-8-24)5-4-16-11-21-19(27)17-10-15(12-25(16)17)23-20(28)22-14-6-9-29-13-14/h6,9,13,15-17H,1-5,7-8,10-12H2,(H,21,27)(H2,22,23,28)/t15-,16-,17+/m1/s1. The summed E-state index contributed by atoms with van der Waals surface area (Å²) in [6.45, 7) is 2.95. The summed E-state index contributed by atoms with van der Waals surface area (Å²) >= 11 is 1.52. The first-order chi connectivity index (χ1) is 14.1. The van der Waals surface area contributed by atoms with Gasteiger partial charge in [0.1, 0.15) is 0 Å². The van der Waals surface area contributed by atoms with E-state index in [2.05, 4.69) is 20.9 Å². The number of likely N-dealkylation sites (tertiary alicyclic amines) is 1. The zero-order valence-electron chi connectivity index (χ0n) is 16.6. The summed E-state index contributed by atoms with van der Waals surface area (Å²) < 4.78 is 0. The summed E-state index contributed by atoms with van der Waals surface area (Å²) in [5.74, 6) is 0.244. The molecular formula is C20H29N5O3S. The van der Waals surface area contributed by atoms with Gasteiger partial charge in [0, 0.05) is 50.1 Å². The second kappa shape index (κ2) is 9.13. The van der Waals surface area contributed by atoms with Gasteiger partial charge in [-0.15, -0.1) is 0 Å². The van der Waals surface area contributed by atoms with Gasteiger partial charge in [-0.1, -0.05) is 0 Å². The van der Waals surface area contributed by atoms with E-state index in [0.29, 0.717) is 25.9 Å². The topological polar surface area (TPSA) is 93.8 Å². The first kappa shape index (κ1) is 20.2. The summed E-state index contributed by atoms with van der Waals surface area (Å²) in [5.41, 5.74) is 0.773. The third-order valence-corrected chi connectivity index (χ3v) is 6.82. The quantitative estimate of drug-likeness (QED) is 0.676. The molecule has 3 fully saturated rings. The SMILES string of the molecule is O=C(Nc1ccsc1)N[C@@H]1C[C@H]2C(=O)NC[C@@H](CCC(=O)N3CCCCC3)N2C1. The number of anilines is 1. The predicted octanol–water partition coefficient (Wildman–Crippen LogP) is 1.60. The van der Waals surface area contributed by atoms with Crippen molar-refractivity contribution in [3.8, 4) is 0 Å². The van der Waals surface area contributed by atoms with E-state index in [1.807, 2.05) is 21.7 Å². The largest absolute Gasteiger partial charge is 0.353 e. The van der Waals surface area contributed by atoms with Crippen LogP contribution in [0.5, 0.6) is 0 Å². The lowest BCUT2D eigenvalue weighted by molar-refractivity contribution is -0.133. The molecule has 8 nitrogen and oxygen atoms in total. The van der Waals surface area contributed by atoms with Crippen LogP contribution < -0.4 is 16.0 Å². The number of piperazine rings is 1. The minimum atomic E-state index is -0.245. The number of hydrogen-bond donors (Lipinski definition) is 3. The lowest BCUT2D eigenvalue weighted by atomic mass is 10.0. The van der Waals surface area contributed by atoms with Crippen molar-refractivity contribution in [2.24, 2.45) is 0 Å². The Bertz CT molecular complexity index is 734. The van der Waals surface area contributed by atoms with Crippen LogP contribution in [-0.4, -0.2) is 71.9 Å². The van der Waals surface area contributed by atoms with E-state index in [0.717, 1.165) is 38.0 Å². The average Bonchev–Trinajstić information content (AvgIpc) is 3.38. The Labute approximate surface area is 175 Å². The number of hydrogen-bond acceptors (Lipinski definition) is 5. The fraction of sp³-hybridized carbons (Fsp3) is 0.650. The van der Waals surface area contributed by atoms with Gasteiger partial charge >= 0.3 is 6.03 Å². The molecule has 0 saturated carbocycles. The van der Waals surface area contributed by atoms with Gasteiger partial charge in [0.2, 0.25) is 11.8 Å². The van der Waals surface area contributed by atoms with E-state index in [1.54, 1.807) is 0 Å². The number of amides is 4.